The predicted octanol–water partition coefficient (Wildman–Crippen LogP) is 2.80. The molecule has 1 aromatic rings. The average Bonchev–Trinajstić information content (AvgIpc) is 2.37. The van der Waals surface area contributed by atoms with E-state index < -0.39 is 6.10 Å². The Kier molecular flexibility index (Phi) is 6.24. The first-order valence-corrected chi connectivity index (χ1v) is 7.12. The minimum Gasteiger partial charge on any atom is -0.478 e. The first-order chi connectivity index (χ1) is 8.99. The van der Waals surface area contributed by atoms with Crippen molar-refractivity contribution in [3.8, 4) is 5.75 Å². The van der Waals surface area contributed by atoms with Crippen molar-refractivity contribution in [2.45, 2.75) is 26.4 Å². The van der Waals surface area contributed by atoms with Crippen LogP contribution in [0.4, 0.5) is 0 Å². The second-order valence-electron chi connectivity index (χ2n) is 3.77. The predicted molar refractivity (Wildman–Crippen MR) is 81.4 cm³/mol. The number of nitrogens with two attached hydrogens (primary N) is 1. The molecule has 0 fully saturated rings. The largest absolute Gasteiger partial charge is 0.478 e. The number of halogens is 1. The van der Waals surface area contributed by atoms with Crippen molar-refractivity contribution in [1.29, 1.82) is 0 Å². The molecular formula is C13H16BrNO3S. The maximum atomic E-state index is 11.7. The number of carbonyl (C=O) groups excluding carboxylic acids is 1. The number of ether oxygens (including phenoxy) is 2. The van der Waals surface area contributed by atoms with Gasteiger partial charge >= 0.3 is 5.97 Å². The molecule has 0 saturated carbocycles. The van der Waals surface area contributed by atoms with Gasteiger partial charge in [0.1, 0.15) is 10.7 Å². The molecule has 0 bridgehead atoms. The summed E-state index contributed by atoms with van der Waals surface area (Å²) < 4.78 is 11.5. The van der Waals surface area contributed by atoms with Crippen molar-refractivity contribution in [2.75, 3.05) is 6.61 Å². The second kappa shape index (κ2) is 7.45. The van der Waals surface area contributed by atoms with Gasteiger partial charge in [-0.1, -0.05) is 35.1 Å². The van der Waals surface area contributed by atoms with E-state index in [9.17, 15) is 4.79 Å². The van der Waals surface area contributed by atoms with E-state index in [1.54, 1.807) is 25.1 Å². The zero-order chi connectivity index (χ0) is 14.4. The van der Waals surface area contributed by atoms with Crippen LogP contribution >= 0.6 is 28.1 Å². The molecule has 0 saturated heterocycles. The van der Waals surface area contributed by atoms with Crippen molar-refractivity contribution in [2.24, 2.45) is 5.73 Å². The van der Waals surface area contributed by atoms with E-state index in [2.05, 4.69) is 15.9 Å². The lowest BCUT2D eigenvalue weighted by Crippen LogP contribution is -2.29. The zero-order valence-corrected chi connectivity index (χ0v) is 13.2. The molecule has 19 heavy (non-hydrogen) atoms. The molecule has 2 N–H and O–H groups in total. The van der Waals surface area contributed by atoms with E-state index in [1.165, 1.54) is 0 Å². The molecule has 0 aliphatic rings. The summed E-state index contributed by atoms with van der Waals surface area (Å²) in [4.78, 5) is 11.9. The fourth-order valence-electron chi connectivity index (χ4n) is 1.48. The van der Waals surface area contributed by atoms with Gasteiger partial charge in [-0.2, -0.15) is 0 Å². The summed E-state index contributed by atoms with van der Waals surface area (Å²) in [6.45, 7) is 3.92. The van der Waals surface area contributed by atoms with Crippen LogP contribution in [0.25, 0.3) is 0 Å². The van der Waals surface area contributed by atoms with Crippen molar-refractivity contribution >= 4 is 39.1 Å². The highest BCUT2D eigenvalue weighted by Crippen LogP contribution is 2.25. The minimum atomic E-state index is -0.658. The van der Waals surface area contributed by atoms with Crippen LogP contribution in [0.1, 0.15) is 25.8 Å². The molecule has 4 nitrogen and oxygen atoms in total. The molecular weight excluding hydrogens is 330 g/mol. The molecule has 6 heteroatoms. The maximum Gasteiger partial charge on any atom is 0.347 e. The third-order valence-corrected chi connectivity index (χ3v) is 3.11. The van der Waals surface area contributed by atoms with Crippen LogP contribution in [0.5, 0.6) is 5.75 Å². The monoisotopic (exact) mass is 345 g/mol. The average molecular weight is 346 g/mol. The maximum absolute atomic E-state index is 11.7. The normalized spacial score (nSPS) is 11.7. The van der Waals surface area contributed by atoms with Crippen molar-refractivity contribution in [1.82, 2.24) is 0 Å². The summed E-state index contributed by atoms with van der Waals surface area (Å²) in [5.74, 6) is 0.0948. The van der Waals surface area contributed by atoms with Crippen LogP contribution in [0.2, 0.25) is 0 Å². The zero-order valence-electron chi connectivity index (χ0n) is 10.8. The molecule has 0 aliphatic carbocycles. The summed E-state index contributed by atoms with van der Waals surface area (Å²) >= 11 is 8.32. The quantitative estimate of drug-likeness (QED) is 0.634. The van der Waals surface area contributed by atoms with Crippen LogP contribution in [0, 0.1) is 0 Å². The number of rotatable bonds is 6. The van der Waals surface area contributed by atoms with Gasteiger partial charge in [-0.15, -0.1) is 0 Å². The summed E-state index contributed by atoms with van der Waals surface area (Å²) in [6, 6.07) is 5.28. The standard InChI is InChI=1S/C13H16BrNO3S/c1-3-10(13(16)17-4-2)18-11-6-5-8(14)7-9(11)12(15)19/h5-7,10H,3-4H2,1-2H3,(H2,15,19). The summed E-state index contributed by atoms with van der Waals surface area (Å²) in [7, 11) is 0. The Hall–Kier alpha value is -1.14. The van der Waals surface area contributed by atoms with Crippen LogP contribution in [-0.2, 0) is 9.53 Å². The van der Waals surface area contributed by atoms with Gasteiger partial charge in [-0.05, 0) is 31.5 Å². The Morgan fingerprint density at radius 1 is 1.47 bits per heavy atom. The Morgan fingerprint density at radius 3 is 2.68 bits per heavy atom. The van der Waals surface area contributed by atoms with E-state index in [1.807, 2.05) is 6.92 Å². The van der Waals surface area contributed by atoms with E-state index >= 15 is 0 Å². The van der Waals surface area contributed by atoms with Gasteiger partial charge in [0, 0.05) is 4.47 Å². The minimum absolute atomic E-state index is 0.218. The first-order valence-electron chi connectivity index (χ1n) is 5.92. The number of hydrogen-bond donors (Lipinski definition) is 1. The molecule has 0 spiro atoms. The highest BCUT2D eigenvalue weighted by Gasteiger charge is 2.21. The number of thiocarbonyl (C=S) groups is 1. The van der Waals surface area contributed by atoms with Gasteiger partial charge in [0.25, 0.3) is 0 Å². The molecule has 0 aromatic heterocycles. The van der Waals surface area contributed by atoms with Gasteiger partial charge in [0.15, 0.2) is 6.10 Å². The number of carbonyl (C=O) groups is 1. The van der Waals surface area contributed by atoms with E-state index in [-0.39, 0.29) is 11.0 Å². The Bertz CT molecular complexity index is 479. The van der Waals surface area contributed by atoms with Gasteiger partial charge in [0.2, 0.25) is 0 Å². The molecule has 0 radical (unpaired) electrons. The summed E-state index contributed by atoms with van der Waals surface area (Å²) in [6.07, 6.45) is -0.152. The Labute approximate surface area is 126 Å². The van der Waals surface area contributed by atoms with Crippen LogP contribution in [-0.4, -0.2) is 23.7 Å². The van der Waals surface area contributed by atoms with Gasteiger partial charge in [0.05, 0.1) is 12.2 Å². The highest BCUT2D eigenvalue weighted by molar-refractivity contribution is 9.10. The van der Waals surface area contributed by atoms with Crippen molar-refractivity contribution in [3.63, 3.8) is 0 Å². The van der Waals surface area contributed by atoms with Crippen molar-refractivity contribution < 1.29 is 14.3 Å². The lowest BCUT2D eigenvalue weighted by molar-refractivity contribution is -0.151. The molecule has 0 amide bonds. The third-order valence-electron chi connectivity index (χ3n) is 2.40. The number of hydrogen-bond acceptors (Lipinski definition) is 4. The lowest BCUT2D eigenvalue weighted by Gasteiger charge is -2.18. The number of esters is 1. The molecule has 0 heterocycles. The smallest absolute Gasteiger partial charge is 0.347 e. The molecule has 1 aromatic carbocycles. The molecule has 1 rings (SSSR count). The van der Waals surface area contributed by atoms with Crippen molar-refractivity contribution in [3.05, 3.63) is 28.2 Å². The third kappa shape index (κ3) is 4.47. The number of benzene rings is 1. The summed E-state index contributed by atoms with van der Waals surface area (Å²) in [5, 5.41) is 0. The summed E-state index contributed by atoms with van der Waals surface area (Å²) in [5.41, 5.74) is 6.24. The molecule has 1 unspecified atom stereocenters. The van der Waals surface area contributed by atoms with Crippen LogP contribution in [0.3, 0.4) is 0 Å². The van der Waals surface area contributed by atoms with Crippen LogP contribution in [0.15, 0.2) is 22.7 Å². The molecule has 0 aliphatic heterocycles. The Balaban J connectivity index is 2.97. The fourth-order valence-corrected chi connectivity index (χ4v) is 2.00. The molecule has 104 valence electrons. The van der Waals surface area contributed by atoms with E-state index in [0.29, 0.717) is 24.3 Å². The van der Waals surface area contributed by atoms with E-state index in [0.717, 1.165) is 4.47 Å². The fraction of sp³-hybridized carbons (Fsp3) is 0.385. The van der Waals surface area contributed by atoms with Gasteiger partial charge in [-0.3, -0.25) is 0 Å². The van der Waals surface area contributed by atoms with Gasteiger partial charge in [-0.25, -0.2) is 4.79 Å². The van der Waals surface area contributed by atoms with E-state index in [4.69, 9.17) is 27.4 Å². The highest BCUT2D eigenvalue weighted by atomic mass is 79.9. The first kappa shape index (κ1) is 15.9. The Morgan fingerprint density at radius 2 is 2.16 bits per heavy atom. The molecule has 1 atom stereocenters. The van der Waals surface area contributed by atoms with Gasteiger partial charge < -0.3 is 15.2 Å². The second-order valence-corrected chi connectivity index (χ2v) is 5.13. The SMILES string of the molecule is CCOC(=O)C(CC)Oc1ccc(Br)cc1C(N)=S. The van der Waals surface area contributed by atoms with Crippen LogP contribution < -0.4 is 10.5 Å². The lowest BCUT2D eigenvalue weighted by atomic mass is 10.2. The topological polar surface area (TPSA) is 61.5 Å².